The molecule has 1 N–H and O–H groups in total. The van der Waals surface area contributed by atoms with Crippen LogP contribution in [0.5, 0.6) is 5.75 Å². The second-order valence-electron chi connectivity index (χ2n) is 5.13. The van der Waals surface area contributed by atoms with Gasteiger partial charge in [0.05, 0.1) is 0 Å². The summed E-state index contributed by atoms with van der Waals surface area (Å²) in [5.41, 5.74) is 1.74. The van der Waals surface area contributed by atoms with Crippen LogP contribution in [0.25, 0.3) is 0 Å². The Balaban J connectivity index is 1.98. The van der Waals surface area contributed by atoms with Gasteiger partial charge in [-0.3, -0.25) is 4.79 Å². The normalized spacial score (nSPS) is 10.5. The number of nitrogens with zero attached hydrogens (tertiary/aromatic N) is 1. The molecule has 0 unspecified atom stereocenters. The first-order valence-electron chi connectivity index (χ1n) is 7.40. The Morgan fingerprint density at radius 2 is 1.73 bits per heavy atom. The summed E-state index contributed by atoms with van der Waals surface area (Å²) in [7, 11) is 0. The largest absolute Gasteiger partial charge is 0.508 e. The van der Waals surface area contributed by atoms with Crippen LogP contribution in [0, 0.1) is 0 Å². The highest BCUT2D eigenvalue weighted by Gasteiger charge is 2.14. The highest BCUT2D eigenvalue weighted by molar-refractivity contribution is 6.31. The number of carbonyl (C=O) groups excluding carboxylic acids is 1. The average Bonchev–Trinajstić information content (AvgIpc) is 2.53. The zero-order valence-corrected chi connectivity index (χ0v) is 13.4. The van der Waals surface area contributed by atoms with Gasteiger partial charge < -0.3 is 10.0 Å². The molecule has 0 saturated heterocycles. The van der Waals surface area contributed by atoms with Gasteiger partial charge >= 0.3 is 0 Å². The minimum atomic E-state index is 0.0608. The van der Waals surface area contributed by atoms with Gasteiger partial charge in [0.25, 0.3) is 0 Å². The van der Waals surface area contributed by atoms with Crippen LogP contribution in [0.15, 0.2) is 48.5 Å². The quantitative estimate of drug-likeness (QED) is 0.874. The van der Waals surface area contributed by atoms with Gasteiger partial charge in [-0.1, -0.05) is 48.0 Å². The molecule has 3 nitrogen and oxygen atoms in total. The summed E-state index contributed by atoms with van der Waals surface area (Å²) in [6, 6.07) is 14.7. The zero-order valence-electron chi connectivity index (χ0n) is 12.6. The van der Waals surface area contributed by atoms with Gasteiger partial charge in [0, 0.05) is 24.5 Å². The van der Waals surface area contributed by atoms with Gasteiger partial charge in [0.1, 0.15) is 5.75 Å². The molecular formula is C18H20ClNO2. The van der Waals surface area contributed by atoms with Crippen molar-refractivity contribution in [2.75, 3.05) is 6.54 Å². The molecule has 0 aliphatic rings. The number of phenolic OH excluding ortho intramolecular Hbond substituents is 1. The summed E-state index contributed by atoms with van der Waals surface area (Å²) in [4.78, 5) is 14.2. The summed E-state index contributed by atoms with van der Waals surface area (Å²) in [6.07, 6.45) is 0.903. The third kappa shape index (κ3) is 4.25. The van der Waals surface area contributed by atoms with Crippen molar-refractivity contribution in [1.29, 1.82) is 0 Å². The Labute approximate surface area is 136 Å². The SMILES string of the molecule is CCN(Cc1ccccc1Cl)C(=O)CCc1ccccc1O. The van der Waals surface area contributed by atoms with E-state index in [4.69, 9.17) is 11.6 Å². The van der Waals surface area contributed by atoms with Crippen molar-refractivity contribution in [3.63, 3.8) is 0 Å². The lowest BCUT2D eigenvalue weighted by atomic mass is 10.1. The number of aromatic hydroxyl groups is 1. The third-order valence-electron chi connectivity index (χ3n) is 3.65. The van der Waals surface area contributed by atoms with Crippen molar-refractivity contribution >= 4 is 17.5 Å². The van der Waals surface area contributed by atoms with Gasteiger partial charge in [-0.2, -0.15) is 0 Å². The van der Waals surface area contributed by atoms with Crippen molar-refractivity contribution in [2.24, 2.45) is 0 Å². The minimum absolute atomic E-state index is 0.0608. The standard InChI is InChI=1S/C18H20ClNO2/c1-2-20(13-15-8-3-5-9-16(15)19)18(22)12-11-14-7-4-6-10-17(14)21/h3-10,21H,2,11-13H2,1H3. The molecule has 0 aliphatic carbocycles. The average molecular weight is 318 g/mol. The molecule has 0 radical (unpaired) electrons. The second kappa shape index (κ2) is 7.85. The molecule has 2 aromatic carbocycles. The van der Waals surface area contributed by atoms with Gasteiger partial charge in [0.15, 0.2) is 0 Å². The molecule has 0 heterocycles. The first-order valence-corrected chi connectivity index (χ1v) is 7.77. The predicted molar refractivity (Wildman–Crippen MR) is 89.0 cm³/mol. The van der Waals surface area contributed by atoms with E-state index in [9.17, 15) is 9.90 Å². The number of benzene rings is 2. The third-order valence-corrected chi connectivity index (χ3v) is 4.02. The molecular weight excluding hydrogens is 298 g/mol. The topological polar surface area (TPSA) is 40.5 Å². The smallest absolute Gasteiger partial charge is 0.223 e. The number of halogens is 1. The maximum atomic E-state index is 12.4. The van der Waals surface area contributed by atoms with Crippen molar-refractivity contribution < 1.29 is 9.90 Å². The molecule has 2 rings (SSSR count). The molecule has 0 spiro atoms. The minimum Gasteiger partial charge on any atom is -0.508 e. The number of hydrogen-bond acceptors (Lipinski definition) is 2. The molecule has 1 amide bonds. The van der Waals surface area contributed by atoms with Crippen molar-refractivity contribution in [3.05, 3.63) is 64.7 Å². The van der Waals surface area contributed by atoms with E-state index < -0.39 is 0 Å². The number of phenols is 1. The molecule has 116 valence electrons. The number of aryl methyl sites for hydroxylation is 1. The van der Waals surface area contributed by atoms with Crippen LogP contribution < -0.4 is 0 Å². The van der Waals surface area contributed by atoms with Gasteiger partial charge in [0.2, 0.25) is 5.91 Å². The van der Waals surface area contributed by atoms with Crippen LogP contribution >= 0.6 is 11.6 Å². The van der Waals surface area contributed by atoms with E-state index in [0.717, 1.165) is 11.1 Å². The molecule has 22 heavy (non-hydrogen) atoms. The number of carbonyl (C=O) groups is 1. The summed E-state index contributed by atoms with van der Waals surface area (Å²) < 4.78 is 0. The van der Waals surface area contributed by atoms with Crippen molar-refractivity contribution in [2.45, 2.75) is 26.3 Å². The Kier molecular flexibility index (Phi) is 5.84. The van der Waals surface area contributed by atoms with E-state index in [1.807, 2.05) is 43.3 Å². The first-order chi connectivity index (χ1) is 10.6. The lowest BCUT2D eigenvalue weighted by Crippen LogP contribution is -2.30. The zero-order chi connectivity index (χ0) is 15.9. The van der Waals surface area contributed by atoms with Crippen LogP contribution in [-0.2, 0) is 17.8 Å². The highest BCUT2D eigenvalue weighted by Crippen LogP contribution is 2.20. The fourth-order valence-corrected chi connectivity index (χ4v) is 2.53. The summed E-state index contributed by atoms with van der Waals surface area (Å²) in [5, 5.41) is 10.4. The van der Waals surface area contributed by atoms with E-state index >= 15 is 0 Å². The fourth-order valence-electron chi connectivity index (χ4n) is 2.33. The number of para-hydroxylation sites is 1. The fraction of sp³-hybridized carbons (Fsp3) is 0.278. The number of amides is 1. The van der Waals surface area contributed by atoms with E-state index in [-0.39, 0.29) is 11.7 Å². The van der Waals surface area contributed by atoms with Crippen LogP contribution in [0.1, 0.15) is 24.5 Å². The van der Waals surface area contributed by atoms with E-state index in [0.29, 0.717) is 31.0 Å². The Bertz CT molecular complexity index is 642. The van der Waals surface area contributed by atoms with Gasteiger partial charge in [-0.15, -0.1) is 0 Å². The molecule has 0 atom stereocenters. The summed E-state index contributed by atoms with van der Waals surface area (Å²) in [5.74, 6) is 0.301. The van der Waals surface area contributed by atoms with Crippen molar-refractivity contribution in [3.8, 4) is 5.75 Å². The molecule has 0 aliphatic heterocycles. The lowest BCUT2D eigenvalue weighted by Gasteiger charge is -2.21. The molecule has 0 saturated carbocycles. The second-order valence-corrected chi connectivity index (χ2v) is 5.54. The number of rotatable bonds is 6. The molecule has 0 aromatic heterocycles. The highest BCUT2D eigenvalue weighted by atomic mass is 35.5. The molecule has 0 fully saturated rings. The summed E-state index contributed by atoms with van der Waals surface area (Å²) >= 11 is 6.15. The molecule has 4 heteroatoms. The predicted octanol–water partition coefficient (Wildman–Crippen LogP) is 4.03. The maximum absolute atomic E-state index is 12.4. The van der Waals surface area contributed by atoms with Crippen LogP contribution in [0.3, 0.4) is 0 Å². The Hall–Kier alpha value is -2.00. The lowest BCUT2D eigenvalue weighted by molar-refractivity contribution is -0.131. The monoisotopic (exact) mass is 317 g/mol. The van der Waals surface area contributed by atoms with E-state index in [1.165, 1.54) is 0 Å². The summed E-state index contributed by atoms with van der Waals surface area (Å²) in [6.45, 7) is 3.09. The van der Waals surface area contributed by atoms with Crippen LogP contribution in [0.2, 0.25) is 5.02 Å². The molecule has 2 aromatic rings. The van der Waals surface area contributed by atoms with Crippen molar-refractivity contribution in [1.82, 2.24) is 4.90 Å². The van der Waals surface area contributed by atoms with E-state index in [1.54, 1.807) is 17.0 Å². The Morgan fingerprint density at radius 3 is 2.36 bits per heavy atom. The first kappa shape index (κ1) is 16.4. The van der Waals surface area contributed by atoms with Gasteiger partial charge in [-0.05, 0) is 36.6 Å². The molecule has 0 bridgehead atoms. The maximum Gasteiger partial charge on any atom is 0.223 e. The number of hydrogen-bond donors (Lipinski definition) is 1. The van der Waals surface area contributed by atoms with E-state index in [2.05, 4.69) is 0 Å². The Morgan fingerprint density at radius 1 is 1.09 bits per heavy atom. The van der Waals surface area contributed by atoms with Crippen LogP contribution in [0.4, 0.5) is 0 Å². The van der Waals surface area contributed by atoms with Gasteiger partial charge in [-0.25, -0.2) is 0 Å². The van der Waals surface area contributed by atoms with Crippen LogP contribution in [-0.4, -0.2) is 22.5 Å².